The number of aliphatic carboxylic acids is 1. The van der Waals surface area contributed by atoms with Gasteiger partial charge in [0, 0.05) is 6.04 Å². The topological polar surface area (TPSA) is 63.3 Å². The first-order valence-corrected chi connectivity index (χ1v) is 6.07. The third-order valence-electron chi connectivity index (χ3n) is 3.65. The van der Waals surface area contributed by atoms with Gasteiger partial charge in [0.15, 0.2) is 0 Å². The minimum atomic E-state index is -0.782. The monoisotopic (exact) mass is 213 g/mol. The van der Waals surface area contributed by atoms with Gasteiger partial charge in [-0.05, 0) is 18.3 Å². The van der Waals surface area contributed by atoms with E-state index in [4.69, 9.17) is 10.8 Å². The van der Waals surface area contributed by atoms with Crippen LogP contribution >= 0.6 is 0 Å². The Morgan fingerprint density at radius 2 is 2.07 bits per heavy atom. The Labute approximate surface area is 92.0 Å². The Kier molecular flexibility index (Phi) is 5.09. The van der Waals surface area contributed by atoms with Crippen LogP contribution in [0.15, 0.2) is 0 Å². The van der Waals surface area contributed by atoms with Gasteiger partial charge in [-0.1, -0.05) is 39.0 Å². The maximum Gasteiger partial charge on any atom is 0.304 e. The van der Waals surface area contributed by atoms with Gasteiger partial charge in [0.25, 0.3) is 0 Å². The Hall–Kier alpha value is -0.570. The Balaban J connectivity index is 2.16. The fourth-order valence-corrected chi connectivity index (χ4v) is 2.41. The molecule has 3 nitrogen and oxygen atoms in total. The third kappa shape index (κ3) is 4.65. The minimum absolute atomic E-state index is 0.103. The van der Waals surface area contributed by atoms with E-state index in [-0.39, 0.29) is 12.5 Å². The molecule has 1 saturated carbocycles. The fraction of sp³-hybridized carbons (Fsp3) is 0.917. The molecule has 0 aromatic heterocycles. The van der Waals surface area contributed by atoms with Crippen molar-refractivity contribution < 1.29 is 9.90 Å². The summed E-state index contributed by atoms with van der Waals surface area (Å²) >= 11 is 0. The van der Waals surface area contributed by atoms with Crippen molar-refractivity contribution in [3.05, 3.63) is 0 Å². The lowest BCUT2D eigenvalue weighted by Crippen LogP contribution is -2.31. The molecule has 3 heteroatoms. The molecule has 0 spiro atoms. The van der Waals surface area contributed by atoms with E-state index in [1.54, 1.807) is 0 Å². The van der Waals surface area contributed by atoms with Gasteiger partial charge in [-0.2, -0.15) is 0 Å². The summed E-state index contributed by atoms with van der Waals surface area (Å²) in [5.74, 6) is 0.432. The van der Waals surface area contributed by atoms with E-state index < -0.39 is 5.97 Å². The van der Waals surface area contributed by atoms with Crippen molar-refractivity contribution in [2.24, 2.45) is 17.6 Å². The molecule has 0 unspecified atom stereocenters. The molecule has 0 radical (unpaired) electrons. The average Bonchev–Trinajstić information content (AvgIpc) is 2.65. The summed E-state index contributed by atoms with van der Waals surface area (Å²) in [5, 5.41) is 8.63. The number of carboxylic acid groups (broad SMARTS) is 1. The summed E-state index contributed by atoms with van der Waals surface area (Å²) in [5.41, 5.74) is 5.82. The van der Waals surface area contributed by atoms with Crippen LogP contribution in [0.1, 0.15) is 51.9 Å². The van der Waals surface area contributed by atoms with Gasteiger partial charge in [0.1, 0.15) is 0 Å². The molecule has 2 atom stereocenters. The van der Waals surface area contributed by atoms with Gasteiger partial charge in [-0.3, -0.25) is 4.79 Å². The highest BCUT2D eigenvalue weighted by Gasteiger charge is 2.19. The van der Waals surface area contributed by atoms with Crippen molar-refractivity contribution in [3.63, 3.8) is 0 Å². The van der Waals surface area contributed by atoms with Gasteiger partial charge in [-0.15, -0.1) is 0 Å². The number of carbonyl (C=O) groups is 1. The van der Waals surface area contributed by atoms with E-state index >= 15 is 0 Å². The molecule has 0 aromatic rings. The number of hydrogen-bond acceptors (Lipinski definition) is 2. The zero-order valence-corrected chi connectivity index (χ0v) is 9.61. The molecule has 0 bridgehead atoms. The number of carboxylic acids is 1. The maximum atomic E-state index is 10.5. The number of nitrogens with two attached hydrogens (primary N) is 1. The van der Waals surface area contributed by atoms with Gasteiger partial charge < -0.3 is 10.8 Å². The Morgan fingerprint density at radius 1 is 1.47 bits per heavy atom. The van der Waals surface area contributed by atoms with E-state index in [9.17, 15) is 4.79 Å². The predicted octanol–water partition coefficient (Wildman–Crippen LogP) is 2.39. The van der Waals surface area contributed by atoms with Crippen molar-refractivity contribution >= 4 is 5.97 Å². The van der Waals surface area contributed by atoms with E-state index in [1.165, 1.54) is 32.1 Å². The van der Waals surface area contributed by atoms with Crippen LogP contribution in [-0.2, 0) is 4.79 Å². The van der Waals surface area contributed by atoms with Crippen LogP contribution in [0.4, 0.5) is 0 Å². The summed E-state index contributed by atoms with van der Waals surface area (Å²) in [6.45, 7) is 2.07. The highest BCUT2D eigenvalue weighted by atomic mass is 16.4. The quantitative estimate of drug-likeness (QED) is 0.712. The smallest absolute Gasteiger partial charge is 0.304 e. The van der Waals surface area contributed by atoms with Crippen molar-refractivity contribution in [1.29, 1.82) is 0 Å². The van der Waals surface area contributed by atoms with Crippen molar-refractivity contribution in [1.82, 2.24) is 0 Å². The van der Waals surface area contributed by atoms with Crippen molar-refractivity contribution in [2.45, 2.75) is 57.9 Å². The molecule has 0 heterocycles. The maximum absolute atomic E-state index is 10.5. The molecule has 1 aliphatic carbocycles. The summed E-state index contributed by atoms with van der Waals surface area (Å²) in [4.78, 5) is 10.5. The highest BCUT2D eigenvalue weighted by molar-refractivity contribution is 5.67. The normalized spacial score (nSPS) is 21.5. The van der Waals surface area contributed by atoms with Crippen LogP contribution in [-0.4, -0.2) is 17.1 Å². The zero-order chi connectivity index (χ0) is 11.3. The first-order chi connectivity index (χ1) is 7.09. The minimum Gasteiger partial charge on any atom is -0.481 e. The van der Waals surface area contributed by atoms with E-state index in [0.717, 1.165) is 12.3 Å². The van der Waals surface area contributed by atoms with Crippen LogP contribution in [0.5, 0.6) is 0 Å². The van der Waals surface area contributed by atoms with Gasteiger partial charge >= 0.3 is 5.97 Å². The summed E-state index contributed by atoms with van der Waals surface area (Å²) in [7, 11) is 0. The van der Waals surface area contributed by atoms with E-state index in [1.807, 2.05) is 0 Å². The lowest BCUT2D eigenvalue weighted by Gasteiger charge is -2.19. The molecule has 1 aliphatic rings. The molecular weight excluding hydrogens is 190 g/mol. The predicted molar refractivity (Wildman–Crippen MR) is 60.6 cm³/mol. The molecule has 15 heavy (non-hydrogen) atoms. The van der Waals surface area contributed by atoms with E-state index in [2.05, 4.69) is 6.92 Å². The lowest BCUT2D eigenvalue weighted by molar-refractivity contribution is -0.137. The van der Waals surface area contributed by atoms with E-state index in [0.29, 0.717) is 5.92 Å². The first-order valence-electron chi connectivity index (χ1n) is 6.07. The molecule has 88 valence electrons. The second-order valence-corrected chi connectivity index (χ2v) is 4.97. The van der Waals surface area contributed by atoms with Gasteiger partial charge in [-0.25, -0.2) is 0 Å². The molecule has 1 fully saturated rings. The Morgan fingerprint density at radius 3 is 2.60 bits per heavy atom. The first kappa shape index (κ1) is 12.5. The van der Waals surface area contributed by atoms with Crippen molar-refractivity contribution in [2.75, 3.05) is 0 Å². The van der Waals surface area contributed by atoms with Gasteiger partial charge in [0.2, 0.25) is 0 Å². The summed E-state index contributed by atoms with van der Waals surface area (Å²) in [6.07, 6.45) is 7.89. The fourth-order valence-electron chi connectivity index (χ4n) is 2.41. The largest absolute Gasteiger partial charge is 0.481 e. The lowest BCUT2D eigenvalue weighted by atomic mass is 9.90. The average molecular weight is 213 g/mol. The SMILES string of the molecule is C[C@@H](CCC1CCCC1)[C@H](N)CC(=O)O. The van der Waals surface area contributed by atoms with Crippen LogP contribution in [0.25, 0.3) is 0 Å². The molecule has 0 aromatic carbocycles. The summed E-state index contributed by atoms with van der Waals surface area (Å²) in [6, 6.07) is -0.177. The number of rotatable bonds is 6. The second kappa shape index (κ2) is 6.11. The van der Waals surface area contributed by atoms with Crippen molar-refractivity contribution in [3.8, 4) is 0 Å². The summed E-state index contributed by atoms with van der Waals surface area (Å²) < 4.78 is 0. The molecule has 1 rings (SSSR count). The molecular formula is C12H23NO2. The van der Waals surface area contributed by atoms with Gasteiger partial charge in [0.05, 0.1) is 6.42 Å². The second-order valence-electron chi connectivity index (χ2n) is 4.97. The third-order valence-corrected chi connectivity index (χ3v) is 3.65. The molecule has 0 amide bonds. The molecule has 0 saturated heterocycles. The number of hydrogen-bond donors (Lipinski definition) is 2. The van der Waals surface area contributed by atoms with Crippen LogP contribution in [0.2, 0.25) is 0 Å². The van der Waals surface area contributed by atoms with Crippen LogP contribution in [0.3, 0.4) is 0 Å². The van der Waals surface area contributed by atoms with Crippen LogP contribution in [0, 0.1) is 11.8 Å². The van der Waals surface area contributed by atoms with Crippen LogP contribution < -0.4 is 5.73 Å². The molecule has 0 aliphatic heterocycles. The highest BCUT2D eigenvalue weighted by Crippen LogP contribution is 2.30. The standard InChI is InChI=1S/C12H23NO2/c1-9(11(13)8-12(14)15)6-7-10-4-2-3-5-10/h9-11H,2-8,13H2,1H3,(H,14,15)/t9-,11+/m0/s1. The molecule has 3 N–H and O–H groups in total. The zero-order valence-electron chi connectivity index (χ0n) is 9.61. The Bertz CT molecular complexity index is 200.